The number of amides is 1. The lowest BCUT2D eigenvalue weighted by molar-refractivity contribution is -0.308. The summed E-state index contributed by atoms with van der Waals surface area (Å²) in [6.07, 6.45) is 5.26. The third-order valence-corrected chi connectivity index (χ3v) is 5.02. The predicted molar refractivity (Wildman–Crippen MR) is 95.8 cm³/mol. The third kappa shape index (κ3) is 4.85. The normalized spacial score (nSPS) is 25.5. The van der Waals surface area contributed by atoms with Crippen LogP contribution in [0, 0.1) is 0 Å². The van der Waals surface area contributed by atoms with E-state index in [-0.39, 0.29) is 23.3 Å². The summed E-state index contributed by atoms with van der Waals surface area (Å²) in [6.45, 7) is 16.2. The Morgan fingerprint density at radius 2 is 1.50 bits per heavy atom. The van der Waals surface area contributed by atoms with Crippen LogP contribution in [0.4, 0.5) is 4.79 Å². The molecule has 0 radical (unpaired) electrons. The molecule has 2 saturated heterocycles. The van der Waals surface area contributed by atoms with Crippen molar-refractivity contribution in [2.24, 2.45) is 0 Å². The first-order valence-corrected chi connectivity index (χ1v) is 9.36. The second kappa shape index (κ2) is 6.83. The first kappa shape index (κ1) is 19.5. The van der Waals surface area contributed by atoms with Crippen LogP contribution in [0.2, 0.25) is 0 Å². The maximum Gasteiger partial charge on any atom is 0.410 e. The van der Waals surface area contributed by atoms with E-state index < -0.39 is 5.60 Å². The molecule has 0 aromatic heterocycles. The van der Waals surface area contributed by atoms with Gasteiger partial charge in [0.15, 0.2) is 0 Å². The first-order chi connectivity index (χ1) is 10.9. The third-order valence-electron chi connectivity index (χ3n) is 5.02. The Hall–Kier alpha value is -0.810. The van der Waals surface area contributed by atoms with E-state index in [1.165, 1.54) is 6.42 Å². The molecular formula is C19H36N2O3. The van der Waals surface area contributed by atoms with Gasteiger partial charge >= 0.3 is 6.09 Å². The SMILES string of the molecule is CC(C)(C)OC(=O)N1CCC(ON2C(C)(C)CCCC2(C)C)CC1. The lowest BCUT2D eigenvalue weighted by atomic mass is 9.82. The van der Waals surface area contributed by atoms with Gasteiger partial charge in [-0.3, -0.25) is 4.84 Å². The predicted octanol–water partition coefficient (Wildman–Crippen LogP) is 4.36. The number of hydrogen-bond donors (Lipinski definition) is 0. The second-order valence-corrected chi connectivity index (χ2v) is 9.54. The van der Waals surface area contributed by atoms with E-state index in [1.807, 2.05) is 20.8 Å². The van der Waals surface area contributed by atoms with Crippen molar-refractivity contribution in [2.75, 3.05) is 13.1 Å². The summed E-state index contributed by atoms with van der Waals surface area (Å²) >= 11 is 0. The molecule has 0 aromatic carbocycles. The Bertz CT molecular complexity index is 430. The van der Waals surface area contributed by atoms with E-state index in [0.717, 1.165) is 25.7 Å². The van der Waals surface area contributed by atoms with Gasteiger partial charge in [0.05, 0.1) is 6.10 Å². The van der Waals surface area contributed by atoms with Gasteiger partial charge in [-0.1, -0.05) is 0 Å². The number of carbonyl (C=O) groups is 1. The largest absolute Gasteiger partial charge is 0.444 e. The van der Waals surface area contributed by atoms with Crippen LogP contribution in [0.3, 0.4) is 0 Å². The molecule has 0 aromatic rings. The van der Waals surface area contributed by atoms with Crippen molar-refractivity contribution in [1.29, 1.82) is 0 Å². The molecule has 0 unspecified atom stereocenters. The fourth-order valence-electron chi connectivity index (χ4n) is 3.88. The minimum atomic E-state index is -0.438. The van der Waals surface area contributed by atoms with Crippen molar-refractivity contribution in [3.05, 3.63) is 0 Å². The Balaban J connectivity index is 1.89. The summed E-state index contributed by atoms with van der Waals surface area (Å²) in [5.41, 5.74) is -0.319. The van der Waals surface area contributed by atoms with Gasteiger partial charge in [0, 0.05) is 24.2 Å². The Morgan fingerprint density at radius 3 is 1.96 bits per heavy atom. The molecule has 1 amide bonds. The molecule has 2 aliphatic rings. The molecule has 0 aliphatic carbocycles. The topological polar surface area (TPSA) is 42.0 Å². The zero-order chi connectivity index (χ0) is 18.2. The molecule has 0 bridgehead atoms. The lowest BCUT2D eigenvalue weighted by Crippen LogP contribution is -2.60. The van der Waals surface area contributed by atoms with Gasteiger partial charge < -0.3 is 9.64 Å². The zero-order valence-electron chi connectivity index (χ0n) is 16.6. The highest BCUT2D eigenvalue weighted by molar-refractivity contribution is 5.68. The summed E-state index contributed by atoms with van der Waals surface area (Å²) in [6, 6.07) is 0. The molecule has 2 heterocycles. The first-order valence-electron chi connectivity index (χ1n) is 9.36. The molecule has 0 N–H and O–H groups in total. The number of rotatable bonds is 2. The Kier molecular flexibility index (Phi) is 5.55. The van der Waals surface area contributed by atoms with Crippen molar-refractivity contribution in [3.8, 4) is 0 Å². The van der Waals surface area contributed by atoms with Crippen LogP contribution in [0.5, 0.6) is 0 Å². The highest BCUT2D eigenvalue weighted by Gasteiger charge is 2.44. The molecule has 5 nitrogen and oxygen atoms in total. The van der Waals surface area contributed by atoms with E-state index >= 15 is 0 Å². The number of piperidine rings is 2. The fourth-order valence-corrected chi connectivity index (χ4v) is 3.88. The van der Waals surface area contributed by atoms with Gasteiger partial charge in [0.2, 0.25) is 0 Å². The number of nitrogens with zero attached hydrogens (tertiary/aromatic N) is 2. The van der Waals surface area contributed by atoms with Crippen LogP contribution in [0.15, 0.2) is 0 Å². The molecule has 2 fully saturated rings. The standard InChI is InChI=1S/C19H36N2O3/c1-17(2,3)23-16(22)20-13-9-15(10-14-20)24-21-18(4,5)11-8-12-19(21,6)7/h15H,8-14H2,1-7H3. The van der Waals surface area contributed by atoms with Gasteiger partial charge in [-0.25, -0.2) is 4.79 Å². The fraction of sp³-hybridized carbons (Fsp3) is 0.947. The van der Waals surface area contributed by atoms with Gasteiger partial charge in [-0.15, -0.1) is 0 Å². The van der Waals surface area contributed by atoms with Crippen LogP contribution in [-0.4, -0.2) is 51.9 Å². The Morgan fingerprint density at radius 1 is 1.00 bits per heavy atom. The number of likely N-dealkylation sites (tertiary alicyclic amines) is 1. The van der Waals surface area contributed by atoms with E-state index in [1.54, 1.807) is 4.90 Å². The average molecular weight is 341 g/mol. The maximum absolute atomic E-state index is 12.2. The molecule has 5 heteroatoms. The maximum atomic E-state index is 12.2. The summed E-state index contributed by atoms with van der Waals surface area (Å²) in [7, 11) is 0. The summed E-state index contributed by atoms with van der Waals surface area (Å²) in [4.78, 5) is 20.4. The Labute approximate surface area is 147 Å². The molecule has 2 rings (SSSR count). The van der Waals surface area contributed by atoms with Crippen molar-refractivity contribution in [3.63, 3.8) is 0 Å². The molecule has 0 saturated carbocycles. The molecule has 0 spiro atoms. The molecule has 140 valence electrons. The van der Waals surface area contributed by atoms with E-state index in [2.05, 4.69) is 32.8 Å². The quantitative estimate of drug-likeness (QED) is 0.749. The monoisotopic (exact) mass is 340 g/mol. The van der Waals surface area contributed by atoms with E-state index in [0.29, 0.717) is 13.1 Å². The highest BCUT2D eigenvalue weighted by Crippen LogP contribution is 2.39. The van der Waals surface area contributed by atoms with Crippen LogP contribution in [0.1, 0.15) is 80.6 Å². The van der Waals surface area contributed by atoms with Crippen molar-refractivity contribution < 1.29 is 14.4 Å². The van der Waals surface area contributed by atoms with Crippen molar-refractivity contribution >= 4 is 6.09 Å². The molecule has 24 heavy (non-hydrogen) atoms. The molecular weight excluding hydrogens is 304 g/mol. The lowest BCUT2D eigenvalue weighted by Gasteiger charge is -2.53. The average Bonchev–Trinajstić information content (AvgIpc) is 2.41. The van der Waals surface area contributed by atoms with Gasteiger partial charge in [0.25, 0.3) is 0 Å². The number of hydrogen-bond acceptors (Lipinski definition) is 4. The number of ether oxygens (including phenoxy) is 1. The zero-order valence-corrected chi connectivity index (χ0v) is 16.6. The smallest absolute Gasteiger partial charge is 0.410 e. The second-order valence-electron chi connectivity index (χ2n) is 9.54. The van der Waals surface area contributed by atoms with Gasteiger partial charge in [0.1, 0.15) is 5.60 Å². The van der Waals surface area contributed by atoms with Gasteiger partial charge in [-0.05, 0) is 80.6 Å². The summed E-state index contributed by atoms with van der Waals surface area (Å²) in [5, 5.41) is 2.23. The molecule has 2 aliphatic heterocycles. The van der Waals surface area contributed by atoms with Crippen LogP contribution in [0.25, 0.3) is 0 Å². The minimum absolute atomic E-state index is 0.0596. The van der Waals surface area contributed by atoms with Crippen LogP contribution >= 0.6 is 0 Å². The van der Waals surface area contributed by atoms with Crippen LogP contribution in [-0.2, 0) is 9.57 Å². The van der Waals surface area contributed by atoms with Crippen molar-refractivity contribution in [2.45, 2.75) is 103 Å². The minimum Gasteiger partial charge on any atom is -0.444 e. The highest BCUT2D eigenvalue weighted by atomic mass is 16.7. The van der Waals surface area contributed by atoms with Crippen molar-refractivity contribution in [1.82, 2.24) is 9.96 Å². The number of carbonyl (C=O) groups excluding carboxylic acids is 1. The number of hydroxylamine groups is 2. The molecule has 0 atom stereocenters. The summed E-state index contributed by atoms with van der Waals surface area (Å²) in [5.74, 6) is 0. The summed E-state index contributed by atoms with van der Waals surface area (Å²) < 4.78 is 5.46. The van der Waals surface area contributed by atoms with Crippen LogP contribution < -0.4 is 0 Å². The van der Waals surface area contributed by atoms with Gasteiger partial charge in [-0.2, -0.15) is 5.06 Å². The van der Waals surface area contributed by atoms with E-state index in [9.17, 15) is 4.79 Å². The van der Waals surface area contributed by atoms with E-state index in [4.69, 9.17) is 9.57 Å².